The topological polar surface area (TPSA) is 65.9 Å². The van der Waals surface area contributed by atoms with Crippen molar-refractivity contribution in [3.8, 4) is 0 Å². The van der Waals surface area contributed by atoms with Crippen LogP contribution in [0.1, 0.15) is 57.0 Å². The Morgan fingerprint density at radius 3 is 2.39 bits per heavy atom. The Hall–Kier alpha value is -1.47. The van der Waals surface area contributed by atoms with Crippen LogP contribution in [0.4, 0.5) is 5.82 Å². The molecule has 3 unspecified atom stereocenters. The second-order valence-electron chi connectivity index (χ2n) is 8.88. The van der Waals surface area contributed by atoms with Crippen LogP contribution in [0.2, 0.25) is 5.15 Å². The van der Waals surface area contributed by atoms with Crippen molar-refractivity contribution in [1.82, 2.24) is 9.88 Å². The number of hydrogen-bond donors (Lipinski definition) is 0. The van der Waals surface area contributed by atoms with Crippen LogP contribution in [-0.4, -0.2) is 58.1 Å². The van der Waals surface area contributed by atoms with E-state index in [0.29, 0.717) is 28.8 Å². The zero-order valence-corrected chi connectivity index (χ0v) is 19.4. The van der Waals surface area contributed by atoms with Crippen molar-refractivity contribution in [2.45, 2.75) is 45.8 Å². The molecule has 1 aliphatic rings. The first-order valence-electron chi connectivity index (χ1n) is 9.53. The molecule has 0 N–H and O–H groups in total. The van der Waals surface area contributed by atoms with E-state index in [1.807, 2.05) is 20.8 Å². The Kier molecular flexibility index (Phi) is 7.26. The predicted octanol–water partition coefficient (Wildman–Crippen LogP) is 3.80. The minimum Gasteiger partial charge on any atom is -0.356 e. The molecule has 0 spiro atoms. The highest BCUT2D eigenvalue weighted by atomic mass is 35.5. The SMILES string of the molecule is CC1CC(C)CN(c2cc(C(=O)N(C)C)c(/C=N/S(=O)C(C)(C)C)c(Cl)n2)C1. The summed E-state index contributed by atoms with van der Waals surface area (Å²) < 4.78 is 15.9. The van der Waals surface area contributed by atoms with Crippen LogP contribution in [0.5, 0.6) is 0 Å². The lowest BCUT2D eigenvalue weighted by atomic mass is 9.92. The normalized spacial score (nSPS) is 21.8. The van der Waals surface area contributed by atoms with Gasteiger partial charge in [-0.05, 0) is 45.1 Å². The van der Waals surface area contributed by atoms with Gasteiger partial charge in [-0.3, -0.25) is 4.79 Å². The molecule has 6 nitrogen and oxygen atoms in total. The molecule has 1 aromatic rings. The van der Waals surface area contributed by atoms with E-state index < -0.39 is 15.7 Å². The monoisotopic (exact) mass is 426 g/mol. The number of pyridine rings is 1. The van der Waals surface area contributed by atoms with Crippen molar-refractivity contribution in [2.75, 3.05) is 32.1 Å². The van der Waals surface area contributed by atoms with E-state index in [1.54, 1.807) is 20.2 Å². The maximum atomic E-state index is 12.8. The highest BCUT2D eigenvalue weighted by molar-refractivity contribution is 7.85. The number of amides is 1. The van der Waals surface area contributed by atoms with Gasteiger partial charge in [0.1, 0.15) is 22.0 Å². The molecule has 1 saturated heterocycles. The van der Waals surface area contributed by atoms with Gasteiger partial charge in [0, 0.05) is 39.0 Å². The fourth-order valence-corrected chi connectivity index (χ4v) is 4.08. The third-order valence-corrected chi connectivity index (χ3v) is 6.26. The number of hydrogen-bond acceptors (Lipinski definition) is 4. The highest BCUT2D eigenvalue weighted by Crippen LogP contribution is 2.29. The minimum absolute atomic E-state index is 0.188. The number of rotatable bonds is 4. The summed E-state index contributed by atoms with van der Waals surface area (Å²) in [5, 5.41) is 0.197. The Balaban J connectivity index is 2.49. The third-order valence-electron chi connectivity index (χ3n) is 4.63. The van der Waals surface area contributed by atoms with E-state index in [-0.39, 0.29) is 11.1 Å². The van der Waals surface area contributed by atoms with E-state index in [9.17, 15) is 9.00 Å². The maximum Gasteiger partial charge on any atom is 0.254 e. The molecule has 0 aromatic carbocycles. The summed E-state index contributed by atoms with van der Waals surface area (Å²) in [6.45, 7) is 11.7. The number of aromatic nitrogens is 1. The number of anilines is 1. The van der Waals surface area contributed by atoms with Gasteiger partial charge in [0.15, 0.2) is 0 Å². The summed E-state index contributed by atoms with van der Waals surface area (Å²) in [7, 11) is 1.93. The van der Waals surface area contributed by atoms with Crippen molar-refractivity contribution in [2.24, 2.45) is 16.2 Å². The van der Waals surface area contributed by atoms with Gasteiger partial charge in [0.25, 0.3) is 5.91 Å². The quantitative estimate of drug-likeness (QED) is 0.542. The first-order valence-corrected chi connectivity index (χ1v) is 11.0. The lowest BCUT2D eigenvalue weighted by Gasteiger charge is -2.36. The van der Waals surface area contributed by atoms with Crippen LogP contribution in [0.15, 0.2) is 10.5 Å². The largest absolute Gasteiger partial charge is 0.356 e. The molecule has 0 aliphatic carbocycles. The minimum atomic E-state index is -1.45. The van der Waals surface area contributed by atoms with Crippen LogP contribution in [0, 0.1) is 11.8 Å². The van der Waals surface area contributed by atoms with Gasteiger partial charge in [-0.25, -0.2) is 9.19 Å². The molecule has 156 valence electrons. The van der Waals surface area contributed by atoms with Gasteiger partial charge in [-0.1, -0.05) is 25.4 Å². The fourth-order valence-electron chi connectivity index (χ4n) is 3.32. The molecule has 0 bridgehead atoms. The highest BCUT2D eigenvalue weighted by Gasteiger charge is 2.26. The molecule has 1 amide bonds. The van der Waals surface area contributed by atoms with E-state index >= 15 is 0 Å². The van der Waals surface area contributed by atoms with Crippen molar-refractivity contribution >= 4 is 40.5 Å². The van der Waals surface area contributed by atoms with Crippen LogP contribution in [0.3, 0.4) is 0 Å². The number of piperidine rings is 1. The molecule has 8 heteroatoms. The number of carbonyl (C=O) groups is 1. The Morgan fingerprint density at radius 2 is 1.89 bits per heavy atom. The van der Waals surface area contributed by atoms with E-state index in [2.05, 4.69) is 28.1 Å². The summed E-state index contributed by atoms with van der Waals surface area (Å²) in [5.74, 6) is 1.61. The van der Waals surface area contributed by atoms with Crippen LogP contribution in [-0.2, 0) is 11.0 Å². The molecular formula is C20H31ClN4O2S. The van der Waals surface area contributed by atoms with E-state index in [4.69, 9.17) is 11.6 Å². The lowest BCUT2D eigenvalue weighted by Crippen LogP contribution is -2.39. The Bertz CT molecular complexity index is 779. The predicted molar refractivity (Wildman–Crippen MR) is 118 cm³/mol. The maximum absolute atomic E-state index is 12.8. The van der Waals surface area contributed by atoms with Gasteiger partial charge in [0.2, 0.25) is 0 Å². The molecule has 3 atom stereocenters. The van der Waals surface area contributed by atoms with Gasteiger partial charge in [-0.2, -0.15) is 4.40 Å². The number of carbonyl (C=O) groups excluding carboxylic acids is 1. The molecule has 1 aliphatic heterocycles. The second kappa shape index (κ2) is 8.91. The van der Waals surface area contributed by atoms with Gasteiger partial charge in [-0.15, -0.1) is 0 Å². The van der Waals surface area contributed by atoms with Gasteiger partial charge < -0.3 is 9.80 Å². The first-order chi connectivity index (χ1) is 12.9. The van der Waals surface area contributed by atoms with Crippen LogP contribution >= 0.6 is 11.6 Å². The third kappa shape index (κ3) is 5.54. The molecule has 2 heterocycles. The van der Waals surface area contributed by atoms with E-state index in [0.717, 1.165) is 13.1 Å². The second-order valence-corrected chi connectivity index (χ2v) is 11.2. The molecule has 2 rings (SSSR count). The summed E-state index contributed by atoms with van der Waals surface area (Å²) >= 11 is 6.47. The zero-order chi connectivity index (χ0) is 21.2. The molecule has 1 fully saturated rings. The summed E-state index contributed by atoms with van der Waals surface area (Å²) in [5.41, 5.74) is 0.820. The molecule has 1 aromatic heterocycles. The molecule has 0 saturated carbocycles. The average Bonchev–Trinajstić information content (AvgIpc) is 2.57. The van der Waals surface area contributed by atoms with Gasteiger partial charge >= 0.3 is 0 Å². The fraction of sp³-hybridized carbons (Fsp3) is 0.650. The standard InChI is InChI=1S/C20H31ClN4O2S/c1-13-8-14(2)12-25(11-13)17-9-15(19(26)24(6)7)16(18(21)23-17)10-22-28(27)20(3,4)5/h9-10,13-14H,8,11-12H2,1-7H3/b22-10+. The van der Waals surface area contributed by atoms with Crippen molar-refractivity contribution in [3.63, 3.8) is 0 Å². The lowest BCUT2D eigenvalue weighted by molar-refractivity contribution is 0.0827. The number of halogens is 1. The smallest absolute Gasteiger partial charge is 0.254 e. The van der Waals surface area contributed by atoms with Crippen molar-refractivity contribution in [1.29, 1.82) is 0 Å². The molecular weight excluding hydrogens is 396 g/mol. The Morgan fingerprint density at radius 1 is 1.32 bits per heavy atom. The van der Waals surface area contributed by atoms with Crippen LogP contribution < -0.4 is 4.90 Å². The zero-order valence-electron chi connectivity index (χ0n) is 17.8. The number of nitrogens with zero attached hydrogens (tertiary/aromatic N) is 4. The first kappa shape index (κ1) is 22.8. The summed E-state index contributed by atoms with van der Waals surface area (Å²) in [6, 6.07) is 1.78. The van der Waals surface area contributed by atoms with Crippen LogP contribution in [0.25, 0.3) is 0 Å². The summed E-state index contributed by atoms with van der Waals surface area (Å²) in [6.07, 6.45) is 2.59. The van der Waals surface area contributed by atoms with Crippen molar-refractivity contribution < 1.29 is 9.00 Å². The Labute approximate surface area is 176 Å². The van der Waals surface area contributed by atoms with Gasteiger partial charge in [0.05, 0.1) is 10.3 Å². The molecule has 0 radical (unpaired) electrons. The van der Waals surface area contributed by atoms with Crippen molar-refractivity contribution in [3.05, 3.63) is 22.3 Å². The average molecular weight is 427 g/mol. The van der Waals surface area contributed by atoms with E-state index in [1.165, 1.54) is 17.5 Å². The molecule has 28 heavy (non-hydrogen) atoms. The summed E-state index contributed by atoms with van der Waals surface area (Å²) in [4.78, 5) is 21.0.